The van der Waals surface area contributed by atoms with Crippen LogP contribution in [-0.4, -0.2) is 124 Å². The van der Waals surface area contributed by atoms with Crippen molar-refractivity contribution in [2.75, 3.05) is 64.6 Å². The molecule has 15 heteroatoms. The fraction of sp³-hybridized carbons (Fsp3) is 0.708. The molecular formula is C24H40N10O5. The van der Waals surface area contributed by atoms with Crippen LogP contribution >= 0.6 is 0 Å². The standard InChI is InChI=1S/C24H40N10O5/c25-21-17-22(31-14-30-21)34(15-32-17)24-19(37)18(36)20(39-24)23(38)29-5-3-1-2-4-16(35)33-12-10-27-8-6-26-7-9-28-11-13-33/h14-15,18-20,24,26-28,36-37H,1-13H2,(H,29,38)(H2,25,30,31). The lowest BCUT2D eigenvalue weighted by molar-refractivity contribution is -0.137. The topological polar surface area (TPSA) is 205 Å². The molecule has 0 aliphatic carbocycles. The molecule has 0 spiro atoms. The lowest BCUT2D eigenvalue weighted by Gasteiger charge is -2.24. The number of amides is 2. The van der Waals surface area contributed by atoms with E-state index in [1.165, 1.54) is 17.2 Å². The summed E-state index contributed by atoms with van der Waals surface area (Å²) in [7, 11) is 0. The number of carbonyl (C=O) groups is 2. The van der Waals surface area contributed by atoms with Crippen molar-refractivity contribution in [3.8, 4) is 0 Å². The van der Waals surface area contributed by atoms with Crippen LogP contribution in [0.4, 0.5) is 5.82 Å². The fourth-order valence-electron chi connectivity index (χ4n) is 4.73. The zero-order valence-corrected chi connectivity index (χ0v) is 22.1. The van der Waals surface area contributed by atoms with Crippen LogP contribution in [0.2, 0.25) is 0 Å². The van der Waals surface area contributed by atoms with Crippen molar-refractivity contribution in [2.45, 2.75) is 50.2 Å². The van der Waals surface area contributed by atoms with Gasteiger partial charge in [-0.1, -0.05) is 6.42 Å². The summed E-state index contributed by atoms with van der Waals surface area (Å²) in [5, 5.41) is 33.8. The highest BCUT2D eigenvalue weighted by Crippen LogP contribution is 2.32. The largest absolute Gasteiger partial charge is 0.387 e. The molecule has 216 valence electrons. The second kappa shape index (κ2) is 14.4. The summed E-state index contributed by atoms with van der Waals surface area (Å²) in [4.78, 5) is 39.5. The molecule has 2 aromatic rings. The Morgan fingerprint density at radius 1 is 0.974 bits per heavy atom. The third kappa shape index (κ3) is 7.58. The number of rotatable bonds is 8. The van der Waals surface area contributed by atoms with Crippen molar-refractivity contribution < 1.29 is 24.5 Å². The van der Waals surface area contributed by atoms with E-state index in [1.807, 2.05) is 4.90 Å². The Morgan fingerprint density at radius 2 is 1.67 bits per heavy atom. The maximum atomic E-state index is 12.7. The van der Waals surface area contributed by atoms with Crippen LogP contribution in [0.1, 0.15) is 31.9 Å². The molecule has 2 fully saturated rings. The van der Waals surface area contributed by atoms with Crippen molar-refractivity contribution in [1.29, 1.82) is 0 Å². The second-order valence-corrected chi connectivity index (χ2v) is 9.74. The van der Waals surface area contributed by atoms with Gasteiger partial charge in [0.25, 0.3) is 5.91 Å². The highest BCUT2D eigenvalue weighted by atomic mass is 16.6. The minimum atomic E-state index is -1.43. The summed E-state index contributed by atoms with van der Waals surface area (Å²) in [6, 6.07) is 0. The normalized spacial score (nSPS) is 25.2. The van der Waals surface area contributed by atoms with Crippen LogP contribution < -0.4 is 27.0 Å². The Kier molecular flexibility index (Phi) is 10.8. The van der Waals surface area contributed by atoms with Crippen LogP contribution in [0.25, 0.3) is 11.2 Å². The maximum Gasteiger partial charge on any atom is 0.252 e. The van der Waals surface area contributed by atoms with Crippen LogP contribution in [0, 0.1) is 0 Å². The number of aromatic nitrogens is 4. The van der Waals surface area contributed by atoms with E-state index < -0.39 is 30.4 Å². The number of carbonyl (C=O) groups excluding carboxylic acids is 2. The van der Waals surface area contributed by atoms with Gasteiger partial charge in [-0.05, 0) is 12.8 Å². The molecule has 15 nitrogen and oxygen atoms in total. The Balaban J connectivity index is 1.17. The van der Waals surface area contributed by atoms with Gasteiger partial charge in [0.2, 0.25) is 5.91 Å². The Morgan fingerprint density at radius 3 is 2.38 bits per heavy atom. The average Bonchev–Trinajstić information content (AvgIpc) is 3.48. The molecule has 0 aromatic carbocycles. The summed E-state index contributed by atoms with van der Waals surface area (Å²) in [5.41, 5.74) is 6.47. The van der Waals surface area contributed by atoms with Gasteiger partial charge in [0.05, 0.1) is 6.33 Å². The van der Waals surface area contributed by atoms with Crippen molar-refractivity contribution in [3.05, 3.63) is 12.7 Å². The maximum absolute atomic E-state index is 12.7. The molecule has 0 saturated carbocycles. The first kappa shape index (κ1) is 29.0. The Labute approximate surface area is 226 Å². The molecule has 4 heterocycles. The molecule has 4 atom stereocenters. The molecule has 2 saturated heterocycles. The summed E-state index contributed by atoms with van der Waals surface area (Å²) in [5.74, 6) is -0.208. The summed E-state index contributed by atoms with van der Waals surface area (Å²) >= 11 is 0. The number of ether oxygens (including phenoxy) is 1. The first-order chi connectivity index (χ1) is 19.0. The van der Waals surface area contributed by atoms with Gasteiger partial charge in [-0.3, -0.25) is 14.2 Å². The number of nitrogen functional groups attached to an aromatic ring is 1. The minimum Gasteiger partial charge on any atom is -0.387 e. The van der Waals surface area contributed by atoms with E-state index in [0.717, 1.165) is 52.1 Å². The number of aliphatic hydroxyl groups is 2. The van der Waals surface area contributed by atoms with Gasteiger partial charge in [-0.15, -0.1) is 0 Å². The van der Waals surface area contributed by atoms with Crippen molar-refractivity contribution in [3.63, 3.8) is 0 Å². The number of imidazole rings is 1. The number of unbranched alkanes of at least 4 members (excludes halogenated alkanes) is 2. The lowest BCUT2D eigenvalue weighted by atomic mass is 10.1. The quantitative estimate of drug-likeness (QED) is 0.169. The van der Waals surface area contributed by atoms with Crippen molar-refractivity contribution in [2.24, 2.45) is 0 Å². The van der Waals surface area contributed by atoms with Gasteiger partial charge in [-0.2, -0.15) is 0 Å². The second-order valence-electron chi connectivity index (χ2n) is 9.74. The average molecular weight is 549 g/mol. The number of nitrogens with one attached hydrogen (secondary N) is 4. The smallest absolute Gasteiger partial charge is 0.252 e. The van der Waals surface area contributed by atoms with Gasteiger partial charge < -0.3 is 46.9 Å². The van der Waals surface area contributed by atoms with E-state index >= 15 is 0 Å². The molecule has 0 bridgehead atoms. The molecule has 39 heavy (non-hydrogen) atoms. The van der Waals surface area contributed by atoms with Crippen LogP contribution in [-0.2, 0) is 14.3 Å². The predicted octanol–water partition coefficient (Wildman–Crippen LogP) is -2.68. The Hall–Kier alpha value is -2.95. The van der Waals surface area contributed by atoms with Gasteiger partial charge in [0, 0.05) is 65.3 Å². The molecule has 2 aromatic heterocycles. The third-order valence-corrected chi connectivity index (χ3v) is 6.95. The van der Waals surface area contributed by atoms with Crippen molar-refractivity contribution in [1.82, 2.24) is 45.7 Å². The number of anilines is 1. The van der Waals surface area contributed by atoms with E-state index in [9.17, 15) is 19.8 Å². The van der Waals surface area contributed by atoms with E-state index in [1.54, 1.807) is 0 Å². The molecule has 2 amide bonds. The first-order valence-electron chi connectivity index (χ1n) is 13.6. The van der Waals surface area contributed by atoms with Crippen LogP contribution in [0.5, 0.6) is 0 Å². The van der Waals surface area contributed by atoms with Crippen LogP contribution in [0.3, 0.4) is 0 Å². The molecule has 0 radical (unpaired) electrons. The molecule has 8 N–H and O–H groups in total. The zero-order chi connectivity index (χ0) is 27.6. The number of nitrogens with two attached hydrogens (primary N) is 1. The monoisotopic (exact) mass is 548 g/mol. The number of fused-ring (bicyclic) bond motifs is 1. The van der Waals surface area contributed by atoms with Crippen LogP contribution in [0.15, 0.2) is 12.7 Å². The summed E-state index contributed by atoms with van der Waals surface area (Å²) in [6.45, 7) is 6.83. The summed E-state index contributed by atoms with van der Waals surface area (Å²) < 4.78 is 7.14. The molecular weight excluding hydrogens is 508 g/mol. The Bertz CT molecular complexity index is 1070. The lowest BCUT2D eigenvalue weighted by Crippen LogP contribution is -2.44. The van der Waals surface area contributed by atoms with E-state index in [0.29, 0.717) is 43.6 Å². The third-order valence-electron chi connectivity index (χ3n) is 6.95. The van der Waals surface area contributed by atoms with Gasteiger partial charge in [0.15, 0.2) is 23.8 Å². The number of aliphatic hydroxyl groups excluding tert-OH is 2. The number of hydrogen-bond donors (Lipinski definition) is 7. The highest BCUT2D eigenvalue weighted by Gasteiger charge is 2.47. The van der Waals surface area contributed by atoms with Gasteiger partial charge in [-0.25, -0.2) is 15.0 Å². The fourth-order valence-corrected chi connectivity index (χ4v) is 4.73. The number of hydrogen-bond acceptors (Lipinski definition) is 12. The van der Waals surface area contributed by atoms with Gasteiger partial charge in [0.1, 0.15) is 24.1 Å². The SMILES string of the molecule is Nc1ncnc2c1ncn2C1OC(C(=O)NCCCCCC(=O)N2CCNCCNCCNCC2)C(O)C1O. The molecule has 2 aliphatic heterocycles. The highest BCUT2D eigenvalue weighted by molar-refractivity contribution is 5.82. The van der Waals surface area contributed by atoms with E-state index in [4.69, 9.17) is 10.5 Å². The molecule has 4 unspecified atom stereocenters. The summed E-state index contributed by atoms with van der Waals surface area (Å²) in [6.07, 6.45) is 0.148. The minimum absolute atomic E-state index is 0.138. The van der Waals surface area contributed by atoms with Crippen molar-refractivity contribution >= 4 is 28.8 Å². The first-order valence-corrected chi connectivity index (χ1v) is 13.6. The molecule has 4 rings (SSSR count). The zero-order valence-electron chi connectivity index (χ0n) is 22.1. The van der Waals surface area contributed by atoms with E-state index in [2.05, 4.69) is 36.2 Å². The predicted molar refractivity (Wildman–Crippen MR) is 142 cm³/mol. The molecule has 2 aliphatic rings. The van der Waals surface area contributed by atoms with Gasteiger partial charge >= 0.3 is 0 Å². The number of nitrogens with zero attached hydrogens (tertiary/aromatic N) is 5. The van der Waals surface area contributed by atoms with E-state index in [-0.39, 0.29) is 11.7 Å².